The normalized spacial score (nSPS) is 17.9. The number of hydrogen-bond donors (Lipinski definition) is 2. The maximum Gasteiger partial charge on any atom is 0.189 e. The molecular formula is C11H18N4S. The molecule has 1 fully saturated rings. The fraction of sp³-hybridized carbons (Fsp3) is 0.636. The van der Waals surface area contributed by atoms with Crippen molar-refractivity contribution >= 4 is 17.3 Å². The Morgan fingerprint density at radius 2 is 2.38 bits per heavy atom. The van der Waals surface area contributed by atoms with E-state index in [-0.39, 0.29) is 0 Å². The number of aliphatic imine (C=N–C) groups is 1. The van der Waals surface area contributed by atoms with Crippen LogP contribution in [0.5, 0.6) is 0 Å². The molecule has 2 rings (SSSR count). The number of hydrogen-bond acceptors (Lipinski definition) is 3. The third-order valence-electron chi connectivity index (χ3n) is 2.95. The van der Waals surface area contributed by atoms with Crippen molar-refractivity contribution in [2.24, 2.45) is 10.7 Å². The first kappa shape index (κ1) is 11.4. The zero-order chi connectivity index (χ0) is 11.4. The molecule has 1 aliphatic rings. The van der Waals surface area contributed by atoms with Crippen molar-refractivity contribution in [3.05, 3.63) is 16.1 Å². The lowest BCUT2D eigenvalue weighted by molar-refractivity contribution is 0.625. The lowest BCUT2D eigenvalue weighted by Gasteiger charge is -2.11. The van der Waals surface area contributed by atoms with Gasteiger partial charge in [-0.2, -0.15) is 0 Å². The second-order valence-electron chi connectivity index (χ2n) is 4.19. The van der Waals surface area contributed by atoms with Gasteiger partial charge in [-0.3, -0.25) is 0 Å². The van der Waals surface area contributed by atoms with Crippen LogP contribution in [0.1, 0.15) is 36.3 Å². The summed E-state index contributed by atoms with van der Waals surface area (Å²) >= 11 is 1.63. The molecule has 0 radical (unpaired) electrons. The van der Waals surface area contributed by atoms with E-state index in [1.165, 1.54) is 30.6 Å². The summed E-state index contributed by atoms with van der Waals surface area (Å²) in [5, 5.41) is 3.27. The Kier molecular flexibility index (Phi) is 3.77. The minimum atomic E-state index is 0.534. The van der Waals surface area contributed by atoms with Gasteiger partial charge in [0.15, 0.2) is 5.96 Å². The molecular weight excluding hydrogens is 220 g/mol. The summed E-state index contributed by atoms with van der Waals surface area (Å²) in [6.07, 6.45) is 5.05. The fourth-order valence-corrected chi connectivity index (χ4v) is 2.66. The van der Waals surface area contributed by atoms with E-state index < -0.39 is 0 Å². The van der Waals surface area contributed by atoms with Gasteiger partial charge in [-0.15, -0.1) is 11.3 Å². The lowest BCUT2D eigenvalue weighted by Crippen LogP contribution is -2.38. The zero-order valence-corrected chi connectivity index (χ0v) is 10.4. The van der Waals surface area contributed by atoms with E-state index in [1.807, 2.05) is 12.4 Å². The third kappa shape index (κ3) is 2.95. The summed E-state index contributed by atoms with van der Waals surface area (Å²) in [6.45, 7) is 2.64. The minimum Gasteiger partial charge on any atom is -0.370 e. The van der Waals surface area contributed by atoms with E-state index in [0.717, 1.165) is 5.69 Å². The molecule has 0 saturated heterocycles. The van der Waals surface area contributed by atoms with E-state index in [2.05, 4.69) is 15.3 Å². The van der Waals surface area contributed by atoms with Gasteiger partial charge in [0.25, 0.3) is 0 Å². The smallest absolute Gasteiger partial charge is 0.189 e. The maximum absolute atomic E-state index is 5.84. The van der Waals surface area contributed by atoms with Crippen molar-refractivity contribution in [3.8, 4) is 0 Å². The molecule has 0 aromatic carbocycles. The molecule has 1 saturated carbocycles. The van der Waals surface area contributed by atoms with Crippen LogP contribution in [0.3, 0.4) is 0 Å². The predicted molar refractivity (Wildman–Crippen MR) is 67.6 cm³/mol. The summed E-state index contributed by atoms with van der Waals surface area (Å²) in [6, 6.07) is 0.534. The Hall–Kier alpha value is -1.10. The first-order valence-electron chi connectivity index (χ1n) is 5.71. The number of nitrogens with one attached hydrogen (secondary N) is 1. The Balaban J connectivity index is 1.84. The van der Waals surface area contributed by atoms with Gasteiger partial charge >= 0.3 is 0 Å². The van der Waals surface area contributed by atoms with Gasteiger partial charge in [-0.25, -0.2) is 9.98 Å². The Morgan fingerprint density at radius 1 is 1.62 bits per heavy atom. The molecule has 4 nitrogen and oxygen atoms in total. The zero-order valence-electron chi connectivity index (χ0n) is 9.57. The van der Waals surface area contributed by atoms with E-state index in [9.17, 15) is 0 Å². The number of guanidine groups is 1. The van der Waals surface area contributed by atoms with Crippen molar-refractivity contribution < 1.29 is 0 Å². The van der Waals surface area contributed by atoms with Gasteiger partial charge in [0.05, 0.1) is 17.7 Å². The Morgan fingerprint density at radius 3 is 3.00 bits per heavy atom. The quantitative estimate of drug-likeness (QED) is 0.623. The molecule has 0 bridgehead atoms. The molecule has 1 aromatic rings. The number of nitrogens with two attached hydrogens (primary N) is 1. The molecule has 0 aliphatic heterocycles. The number of rotatable bonds is 3. The summed E-state index contributed by atoms with van der Waals surface area (Å²) in [5.41, 5.74) is 8.75. The molecule has 0 unspecified atom stereocenters. The van der Waals surface area contributed by atoms with E-state index >= 15 is 0 Å². The molecule has 0 amide bonds. The molecule has 1 aromatic heterocycles. The molecule has 0 spiro atoms. The molecule has 1 aliphatic carbocycles. The van der Waals surface area contributed by atoms with Crippen LogP contribution in [0.2, 0.25) is 0 Å². The summed E-state index contributed by atoms with van der Waals surface area (Å²) in [7, 11) is 0. The number of nitrogens with zero attached hydrogens (tertiary/aromatic N) is 2. The molecule has 5 heteroatoms. The molecule has 0 atom stereocenters. The van der Waals surface area contributed by atoms with Crippen molar-refractivity contribution in [1.29, 1.82) is 0 Å². The lowest BCUT2D eigenvalue weighted by atomic mass is 10.2. The van der Waals surface area contributed by atoms with Crippen LogP contribution in [0.25, 0.3) is 0 Å². The van der Waals surface area contributed by atoms with E-state index in [1.54, 1.807) is 11.3 Å². The number of aromatic nitrogens is 1. The van der Waals surface area contributed by atoms with Crippen LogP contribution in [-0.2, 0) is 6.54 Å². The van der Waals surface area contributed by atoms with Gasteiger partial charge in [0.2, 0.25) is 0 Å². The first-order valence-corrected chi connectivity index (χ1v) is 6.59. The third-order valence-corrected chi connectivity index (χ3v) is 3.86. The Labute approximate surface area is 100.0 Å². The standard InChI is InChI=1S/C11H18N4S/c1-8-10(16-7-14-8)6-13-11(12)15-9-4-2-3-5-9/h7,9H,2-6H2,1H3,(H3,12,13,15). The van der Waals surface area contributed by atoms with Crippen molar-refractivity contribution in [3.63, 3.8) is 0 Å². The second kappa shape index (κ2) is 5.30. The highest BCUT2D eigenvalue weighted by molar-refractivity contribution is 7.09. The SMILES string of the molecule is Cc1ncsc1CN=C(N)NC1CCCC1. The largest absolute Gasteiger partial charge is 0.370 e. The molecule has 3 N–H and O–H groups in total. The van der Waals surface area contributed by atoms with Gasteiger partial charge in [-0.05, 0) is 19.8 Å². The van der Waals surface area contributed by atoms with Gasteiger partial charge in [0, 0.05) is 10.9 Å². The molecule has 88 valence electrons. The summed E-state index contributed by atoms with van der Waals surface area (Å²) < 4.78 is 0. The van der Waals surface area contributed by atoms with Crippen LogP contribution < -0.4 is 11.1 Å². The number of thiazole rings is 1. The minimum absolute atomic E-state index is 0.534. The first-order chi connectivity index (χ1) is 7.75. The van der Waals surface area contributed by atoms with E-state index in [0.29, 0.717) is 18.5 Å². The molecule has 1 heterocycles. The number of aryl methyl sites for hydroxylation is 1. The topological polar surface area (TPSA) is 63.3 Å². The van der Waals surface area contributed by atoms with Crippen LogP contribution in [0.15, 0.2) is 10.5 Å². The van der Waals surface area contributed by atoms with Crippen LogP contribution in [-0.4, -0.2) is 17.0 Å². The van der Waals surface area contributed by atoms with Gasteiger partial charge < -0.3 is 11.1 Å². The highest BCUT2D eigenvalue weighted by Gasteiger charge is 2.14. The fourth-order valence-electron chi connectivity index (χ4n) is 1.96. The summed E-state index contributed by atoms with van der Waals surface area (Å²) in [5.74, 6) is 0.569. The van der Waals surface area contributed by atoms with Crippen LogP contribution in [0.4, 0.5) is 0 Å². The summed E-state index contributed by atoms with van der Waals surface area (Å²) in [4.78, 5) is 9.72. The highest BCUT2D eigenvalue weighted by Crippen LogP contribution is 2.17. The van der Waals surface area contributed by atoms with E-state index in [4.69, 9.17) is 5.73 Å². The molecule has 16 heavy (non-hydrogen) atoms. The van der Waals surface area contributed by atoms with Gasteiger partial charge in [0.1, 0.15) is 0 Å². The second-order valence-corrected chi connectivity index (χ2v) is 5.13. The monoisotopic (exact) mass is 238 g/mol. The van der Waals surface area contributed by atoms with Gasteiger partial charge in [-0.1, -0.05) is 12.8 Å². The Bertz CT molecular complexity index is 366. The highest BCUT2D eigenvalue weighted by atomic mass is 32.1. The van der Waals surface area contributed by atoms with Crippen LogP contribution in [0, 0.1) is 6.92 Å². The van der Waals surface area contributed by atoms with Crippen molar-refractivity contribution in [1.82, 2.24) is 10.3 Å². The predicted octanol–water partition coefficient (Wildman–Crippen LogP) is 1.80. The van der Waals surface area contributed by atoms with Crippen LogP contribution >= 0.6 is 11.3 Å². The maximum atomic E-state index is 5.84. The van der Waals surface area contributed by atoms with Crippen molar-refractivity contribution in [2.75, 3.05) is 0 Å². The average Bonchev–Trinajstić information content (AvgIpc) is 2.87. The average molecular weight is 238 g/mol. The van der Waals surface area contributed by atoms with Crippen molar-refractivity contribution in [2.45, 2.75) is 45.2 Å².